The van der Waals surface area contributed by atoms with Crippen molar-refractivity contribution in [3.63, 3.8) is 0 Å². The molecule has 0 saturated heterocycles. The van der Waals surface area contributed by atoms with E-state index in [4.69, 9.17) is 4.74 Å². The number of methoxy groups -OCH3 is 1. The molecule has 1 heterocycles. The summed E-state index contributed by atoms with van der Waals surface area (Å²) in [4.78, 5) is 14.3. The monoisotopic (exact) mass is 461 g/mol. The predicted molar refractivity (Wildman–Crippen MR) is 105 cm³/mol. The van der Waals surface area contributed by atoms with Gasteiger partial charge in [-0.3, -0.25) is 4.79 Å². The summed E-state index contributed by atoms with van der Waals surface area (Å²) in [6.45, 7) is 3.52. The van der Waals surface area contributed by atoms with E-state index in [-0.39, 0.29) is 12.5 Å². The number of carbonyl (C=O) groups is 1. The number of ether oxygens (including phenoxy) is 1. The van der Waals surface area contributed by atoms with Gasteiger partial charge < -0.3 is 14.7 Å². The third kappa shape index (κ3) is 5.17. The molecule has 0 aromatic heterocycles. The zero-order valence-corrected chi connectivity index (χ0v) is 17.5. The predicted octanol–water partition coefficient (Wildman–Crippen LogP) is 4.54. The van der Waals surface area contributed by atoms with E-state index in [9.17, 15) is 23.1 Å². The highest BCUT2D eigenvalue weighted by Gasteiger charge is 2.34. The number of hydrogen-bond acceptors (Lipinski definition) is 3. The molecule has 154 valence electrons. The maximum Gasteiger partial charge on any atom is 0.412 e. The normalized spacial score (nSPS) is 21.5. The van der Waals surface area contributed by atoms with Crippen molar-refractivity contribution < 1.29 is 27.8 Å². The number of hydrogen-bond donors (Lipinski definition) is 1. The van der Waals surface area contributed by atoms with Crippen molar-refractivity contribution in [3.05, 3.63) is 56.8 Å². The summed E-state index contributed by atoms with van der Waals surface area (Å²) in [5, 5.41) is 10.4. The Hall–Kier alpha value is -1.80. The fourth-order valence-corrected chi connectivity index (χ4v) is 3.46. The summed E-state index contributed by atoms with van der Waals surface area (Å²) < 4.78 is 43.6. The second-order valence-corrected chi connectivity index (χ2v) is 7.47. The quantitative estimate of drug-likeness (QED) is 0.590. The molecule has 2 rings (SSSR count). The number of halogens is 4. The molecule has 0 radical (unpaired) electrons. The van der Waals surface area contributed by atoms with Gasteiger partial charge in [-0.1, -0.05) is 24.6 Å². The van der Waals surface area contributed by atoms with E-state index >= 15 is 0 Å². The van der Waals surface area contributed by atoms with Crippen molar-refractivity contribution in [3.8, 4) is 0 Å². The molecule has 0 unspecified atom stereocenters. The van der Waals surface area contributed by atoms with Gasteiger partial charge >= 0.3 is 6.18 Å². The minimum Gasteiger partial charge on any atom is -0.496 e. The minimum absolute atomic E-state index is 0.225. The van der Waals surface area contributed by atoms with Crippen LogP contribution in [0.3, 0.4) is 0 Å². The Labute approximate surface area is 170 Å². The molecule has 1 atom stereocenters. The third-order valence-electron chi connectivity index (χ3n) is 4.79. The smallest absolute Gasteiger partial charge is 0.412 e. The number of allylic oxidation sites excluding steroid dienone is 4. The molecular formula is C20H23BrF3NO3. The molecule has 0 spiro atoms. The highest BCUT2D eigenvalue weighted by Crippen LogP contribution is 2.32. The van der Waals surface area contributed by atoms with E-state index in [1.165, 1.54) is 13.2 Å². The molecule has 0 fully saturated rings. The maximum atomic E-state index is 12.7. The number of carbonyl (C=O) groups excluding carboxylic acids is 1. The van der Waals surface area contributed by atoms with Gasteiger partial charge in [0.05, 0.1) is 17.7 Å². The molecular weight excluding hydrogens is 439 g/mol. The van der Waals surface area contributed by atoms with Crippen molar-refractivity contribution in [1.82, 2.24) is 4.90 Å². The molecule has 1 aliphatic heterocycles. The second-order valence-electron chi connectivity index (χ2n) is 6.61. The van der Waals surface area contributed by atoms with Gasteiger partial charge in [0.2, 0.25) is 0 Å². The van der Waals surface area contributed by atoms with Gasteiger partial charge in [0.25, 0.3) is 5.91 Å². The summed E-state index contributed by atoms with van der Waals surface area (Å²) in [5.74, 6) is 0.220. The Morgan fingerprint density at radius 2 is 2.11 bits per heavy atom. The fourth-order valence-electron chi connectivity index (χ4n) is 2.93. The van der Waals surface area contributed by atoms with E-state index in [2.05, 4.69) is 15.9 Å². The van der Waals surface area contributed by atoms with Crippen LogP contribution < -0.4 is 0 Å². The van der Waals surface area contributed by atoms with E-state index in [0.717, 1.165) is 18.6 Å². The van der Waals surface area contributed by atoms with Crippen LogP contribution in [-0.4, -0.2) is 48.4 Å². The molecule has 2 aliphatic rings. The standard InChI is InChI=1S/C20H23BrF3NO3/c1-4-13(6-5-12(2)20(22,23)24)7-8-25-11-15-14(19(25)27)9-18(28-3)16(21)10-17(15)26/h5-6,9-10,17,26H,4,7-8,11H2,1-3H3/b12-5+,13-6+/t17-/m1/s1. The van der Waals surface area contributed by atoms with Gasteiger partial charge in [0.1, 0.15) is 5.76 Å². The zero-order valence-electron chi connectivity index (χ0n) is 15.9. The van der Waals surface area contributed by atoms with E-state index in [1.807, 2.05) is 6.92 Å². The van der Waals surface area contributed by atoms with Crippen LogP contribution in [0.4, 0.5) is 13.2 Å². The van der Waals surface area contributed by atoms with E-state index in [0.29, 0.717) is 40.8 Å². The number of rotatable bonds is 6. The Morgan fingerprint density at radius 1 is 1.43 bits per heavy atom. The molecule has 8 heteroatoms. The molecule has 1 N–H and O–H groups in total. The molecule has 0 aromatic rings. The van der Waals surface area contributed by atoms with Gasteiger partial charge in [0.15, 0.2) is 0 Å². The Kier molecular flexibility index (Phi) is 7.33. The van der Waals surface area contributed by atoms with Crippen molar-refractivity contribution in [2.24, 2.45) is 0 Å². The summed E-state index contributed by atoms with van der Waals surface area (Å²) in [6.07, 6.45) is 1.49. The van der Waals surface area contributed by atoms with Gasteiger partial charge in [-0.25, -0.2) is 0 Å². The summed E-state index contributed by atoms with van der Waals surface area (Å²) >= 11 is 3.31. The van der Waals surface area contributed by atoms with Gasteiger partial charge in [-0.15, -0.1) is 0 Å². The lowest BCUT2D eigenvalue weighted by atomic mass is 10.1. The average Bonchev–Trinajstić information content (AvgIpc) is 2.87. The lowest BCUT2D eigenvalue weighted by Gasteiger charge is -2.19. The number of aliphatic hydroxyl groups is 1. The number of amides is 1. The molecule has 0 bridgehead atoms. The van der Waals surface area contributed by atoms with Crippen LogP contribution in [0.15, 0.2) is 56.8 Å². The van der Waals surface area contributed by atoms with Gasteiger partial charge in [-0.2, -0.15) is 13.2 Å². The Bertz CT molecular complexity index is 791. The molecule has 1 aliphatic carbocycles. The Balaban J connectivity index is 2.10. The topological polar surface area (TPSA) is 49.8 Å². The first-order chi connectivity index (χ1) is 13.1. The molecule has 1 amide bonds. The number of aliphatic hydroxyl groups excluding tert-OH is 1. The average molecular weight is 462 g/mol. The fraction of sp³-hybridized carbons (Fsp3) is 0.450. The van der Waals surface area contributed by atoms with Crippen LogP contribution in [0.1, 0.15) is 26.7 Å². The molecule has 0 saturated carbocycles. The highest BCUT2D eigenvalue weighted by atomic mass is 79.9. The summed E-state index contributed by atoms with van der Waals surface area (Å²) in [7, 11) is 1.48. The van der Waals surface area contributed by atoms with Crippen LogP contribution in [0.2, 0.25) is 0 Å². The maximum absolute atomic E-state index is 12.7. The first kappa shape index (κ1) is 22.5. The first-order valence-electron chi connectivity index (χ1n) is 8.85. The minimum atomic E-state index is -4.34. The van der Waals surface area contributed by atoms with Gasteiger partial charge in [-0.05, 0) is 53.4 Å². The van der Waals surface area contributed by atoms with Gasteiger partial charge in [0, 0.05) is 24.2 Å². The van der Waals surface area contributed by atoms with Crippen molar-refractivity contribution >= 4 is 21.8 Å². The summed E-state index contributed by atoms with van der Waals surface area (Å²) in [6, 6.07) is 0. The molecule has 28 heavy (non-hydrogen) atoms. The summed E-state index contributed by atoms with van der Waals surface area (Å²) in [5.41, 5.74) is 1.13. The van der Waals surface area contributed by atoms with E-state index in [1.54, 1.807) is 17.1 Å². The van der Waals surface area contributed by atoms with Crippen LogP contribution in [0, 0.1) is 0 Å². The van der Waals surface area contributed by atoms with E-state index < -0.39 is 17.9 Å². The Morgan fingerprint density at radius 3 is 2.68 bits per heavy atom. The van der Waals surface area contributed by atoms with Crippen molar-refractivity contribution in [2.75, 3.05) is 20.2 Å². The number of nitrogens with zero attached hydrogens (tertiary/aromatic N) is 1. The lowest BCUT2D eigenvalue weighted by molar-refractivity contribution is -0.125. The van der Waals surface area contributed by atoms with Crippen LogP contribution in [-0.2, 0) is 9.53 Å². The van der Waals surface area contributed by atoms with Crippen LogP contribution in [0.25, 0.3) is 0 Å². The van der Waals surface area contributed by atoms with Crippen molar-refractivity contribution in [2.45, 2.75) is 39.0 Å². The lowest BCUT2D eigenvalue weighted by Crippen LogP contribution is -2.29. The highest BCUT2D eigenvalue weighted by molar-refractivity contribution is 9.11. The molecule has 0 aromatic carbocycles. The van der Waals surface area contributed by atoms with Crippen molar-refractivity contribution in [1.29, 1.82) is 0 Å². The second kappa shape index (κ2) is 9.13. The SMILES string of the molecule is CC/C(=C\C=C(/C)C(F)(F)F)CCN1CC2=C(C=C(OC)C(Br)=C[C@H]2O)C1=O. The van der Waals surface area contributed by atoms with Crippen LogP contribution >= 0.6 is 15.9 Å². The van der Waals surface area contributed by atoms with Crippen LogP contribution in [0.5, 0.6) is 0 Å². The molecule has 4 nitrogen and oxygen atoms in total. The first-order valence-corrected chi connectivity index (χ1v) is 9.65. The largest absolute Gasteiger partial charge is 0.496 e. The number of alkyl halides is 3. The zero-order chi connectivity index (χ0) is 21.1. The third-order valence-corrected chi connectivity index (χ3v) is 5.44.